The summed E-state index contributed by atoms with van der Waals surface area (Å²) in [5.74, 6) is 0.0481. The first kappa shape index (κ1) is 14.4. The highest BCUT2D eigenvalue weighted by Gasteiger charge is 2.29. The van der Waals surface area contributed by atoms with E-state index in [0.717, 1.165) is 0 Å². The lowest BCUT2D eigenvalue weighted by atomic mass is 10.2. The number of anilines is 1. The van der Waals surface area contributed by atoms with Crippen LogP contribution in [-0.2, 0) is 9.84 Å². The van der Waals surface area contributed by atoms with E-state index in [9.17, 15) is 13.2 Å². The van der Waals surface area contributed by atoms with Gasteiger partial charge in [0.25, 0.3) is 5.91 Å². The van der Waals surface area contributed by atoms with Gasteiger partial charge in [0, 0.05) is 18.8 Å². The summed E-state index contributed by atoms with van der Waals surface area (Å²) in [7, 11) is -3.01. The number of hydrogen-bond acceptors (Lipinski definition) is 6. The molecule has 0 bridgehead atoms. The van der Waals surface area contributed by atoms with Crippen molar-refractivity contribution in [3.63, 3.8) is 0 Å². The van der Waals surface area contributed by atoms with Crippen molar-refractivity contribution >= 4 is 21.7 Å². The first-order valence-electron chi connectivity index (χ1n) is 6.19. The number of amides is 1. The average Bonchev–Trinajstić information content (AvgIpc) is 2.76. The molecule has 1 aliphatic rings. The molecule has 1 amide bonds. The Balaban J connectivity index is 2.00. The fraction of sp³-hybridized carbons (Fsp3) is 0.417. The van der Waals surface area contributed by atoms with Crippen LogP contribution in [0.25, 0.3) is 0 Å². The van der Waals surface area contributed by atoms with E-state index < -0.39 is 15.7 Å². The normalized spacial score (nSPS) is 20.3. The largest absolute Gasteiger partial charge is 0.351 e. The van der Waals surface area contributed by atoms with Crippen molar-refractivity contribution in [2.75, 3.05) is 23.4 Å². The number of sulfone groups is 1. The molecule has 2 N–H and O–H groups in total. The fourth-order valence-corrected chi connectivity index (χ4v) is 3.58. The summed E-state index contributed by atoms with van der Waals surface area (Å²) in [6.07, 6.45) is 3.57. The van der Waals surface area contributed by atoms with Gasteiger partial charge in [-0.05, 0) is 12.5 Å². The lowest BCUT2D eigenvalue weighted by Crippen LogP contribution is -2.36. The van der Waals surface area contributed by atoms with Crippen LogP contribution in [0, 0.1) is 0 Å². The molecule has 1 aliphatic heterocycles. The lowest BCUT2D eigenvalue weighted by Gasteiger charge is -2.10. The Kier molecular flexibility index (Phi) is 4.33. The van der Waals surface area contributed by atoms with Crippen LogP contribution in [0.15, 0.2) is 24.9 Å². The molecule has 2 rings (SSSR count). The van der Waals surface area contributed by atoms with E-state index in [1.165, 1.54) is 12.3 Å². The van der Waals surface area contributed by atoms with E-state index in [-0.39, 0.29) is 23.2 Å². The van der Waals surface area contributed by atoms with E-state index in [1.807, 2.05) is 0 Å². The van der Waals surface area contributed by atoms with Gasteiger partial charge in [-0.25, -0.2) is 18.4 Å². The molecular formula is C12H16N4O3S. The molecule has 7 nitrogen and oxygen atoms in total. The van der Waals surface area contributed by atoms with Crippen molar-refractivity contribution in [1.82, 2.24) is 15.3 Å². The van der Waals surface area contributed by atoms with Crippen molar-refractivity contribution in [2.24, 2.45) is 0 Å². The molecule has 8 heteroatoms. The zero-order valence-electron chi connectivity index (χ0n) is 10.9. The second kappa shape index (κ2) is 6.00. The van der Waals surface area contributed by atoms with Gasteiger partial charge >= 0.3 is 0 Å². The molecule has 1 fully saturated rings. The predicted molar refractivity (Wildman–Crippen MR) is 75.2 cm³/mol. The van der Waals surface area contributed by atoms with Gasteiger partial charge in [-0.15, -0.1) is 6.58 Å². The molecular weight excluding hydrogens is 280 g/mol. The van der Waals surface area contributed by atoms with Crippen LogP contribution in [0.4, 0.5) is 5.95 Å². The van der Waals surface area contributed by atoms with E-state index in [1.54, 1.807) is 6.08 Å². The summed E-state index contributed by atoms with van der Waals surface area (Å²) >= 11 is 0. The van der Waals surface area contributed by atoms with Gasteiger partial charge in [-0.2, -0.15) is 0 Å². The monoisotopic (exact) mass is 296 g/mol. The zero-order valence-corrected chi connectivity index (χ0v) is 11.7. The van der Waals surface area contributed by atoms with Crippen molar-refractivity contribution in [3.8, 4) is 0 Å². The zero-order chi connectivity index (χ0) is 14.6. The Morgan fingerprint density at radius 2 is 2.35 bits per heavy atom. The van der Waals surface area contributed by atoms with Crippen LogP contribution in [0.5, 0.6) is 0 Å². The van der Waals surface area contributed by atoms with Gasteiger partial charge in [0.15, 0.2) is 9.84 Å². The van der Waals surface area contributed by atoms with Gasteiger partial charge in [-0.1, -0.05) is 6.08 Å². The number of carbonyl (C=O) groups excluding carboxylic acids is 1. The van der Waals surface area contributed by atoms with Gasteiger partial charge in [0.2, 0.25) is 5.95 Å². The number of nitrogens with one attached hydrogen (secondary N) is 2. The second-order valence-electron chi connectivity index (χ2n) is 4.51. The Bertz CT molecular complexity index is 615. The third-order valence-electron chi connectivity index (χ3n) is 2.86. The van der Waals surface area contributed by atoms with E-state index in [4.69, 9.17) is 0 Å². The lowest BCUT2D eigenvalue weighted by molar-refractivity contribution is 0.0936. The molecule has 1 atom stereocenters. The number of aromatic nitrogens is 2. The standard InChI is InChI=1S/C12H16N4O3S/c1-2-5-13-12-14-6-3-10(16-12)11(17)15-9-4-7-20(18,19)8-9/h2-3,6,9H,1,4-5,7-8H2,(H,15,17)(H,13,14,16). The third-order valence-corrected chi connectivity index (χ3v) is 4.63. The summed E-state index contributed by atoms with van der Waals surface area (Å²) in [6.45, 7) is 4.05. The molecule has 1 unspecified atom stereocenters. The highest BCUT2D eigenvalue weighted by Crippen LogP contribution is 2.12. The van der Waals surface area contributed by atoms with E-state index >= 15 is 0 Å². The van der Waals surface area contributed by atoms with Crippen LogP contribution in [0.2, 0.25) is 0 Å². The molecule has 0 radical (unpaired) electrons. The maximum absolute atomic E-state index is 12.0. The highest BCUT2D eigenvalue weighted by molar-refractivity contribution is 7.91. The van der Waals surface area contributed by atoms with Gasteiger partial charge in [0.05, 0.1) is 11.5 Å². The molecule has 1 saturated heterocycles. The molecule has 1 aromatic rings. The predicted octanol–water partition coefficient (Wildman–Crippen LogP) is -0.00860. The van der Waals surface area contributed by atoms with Crippen molar-refractivity contribution in [1.29, 1.82) is 0 Å². The summed E-state index contributed by atoms with van der Waals surface area (Å²) in [5.41, 5.74) is 0.205. The molecule has 0 aliphatic carbocycles. The molecule has 0 aromatic carbocycles. The third kappa shape index (κ3) is 3.77. The summed E-state index contributed by atoms with van der Waals surface area (Å²) in [5, 5.41) is 5.56. The minimum absolute atomic E-state index is 0.00854. The van der Waals surface area contributed by atoms with E-state index in [0.29, 0.717) is 18.9 Å². The SMILES string of the molecule is C=CCNc1nccc(C(=O)NC2CCS(=O)(=O)C2)n1. The minimum atomic E-state index is -3.01. The summed E-state index contributed by atoms with van der Waals surface area (Å²) < 4.78 is 22.7. The number of rotatable bonds is 5. The molecule has 108 valence electrons. The van der Waals surface area contributed by atoms with Crippen LogP contribution >= 0.6 is 0 Å². The second-order valence-corrected chi connectivity index (χ2v) is 6.74. The Labute approximate surface area is 117 Å². The van der Waals surface area contributed by atoms with Crippen LogP contribution in [0.1, 0.15) is 16.9 Å². The quantitative estimate of drug-likeness (QED) is 0.741. The maximum atomic E-state index is 12.0. The molecule has 0 saturated carbocycles. The number of nitrogens with zero attached hydrogens (tertiary/aromatic N) is 2. The smallest absolute Gasteiger partial charge is 0.270 e. The van der Waals surface area contributed by atoms with Crippen molar-refractivity contribution in [3.05, 3.63) is 30.6 Å². The van der Waals surface area contributed by atoms with Crippen molar-refractivity contribution < 1.29 is 13.2 Å². The number of hydrogen-bond donors (Lipinski definition) is 2. The van der Waals surface area contributed by atoms with Crippen molar-refractivity contribution in [2.45, 2.75) is 12.5 Å². The molecule has 20 heavy (non-hydrogen) atoms. The molecule has 1 aromatic heterocycles. The fourth-order valence-electron chi connectivity index (χ4n) is 1.90. The van der Waals surface area contributed by atoms with Gasteiger partial charge < -0.3 is 10.6 Å². The Hall–Kier alpha value is -1.96. The van der Waals surface area contributed by atoms with Crippen LogP contribution in [0.3, 0.4) is 0 Å². The number of carbonyl (C=O) groups is 1. The average molecular weight is 296 g/mol. The van der Waals surface area contributed by atoms with Gasteiger partial charge in [-0.3, -0.25) is 4.79 Å². The highest BCUT2D eigenvalue weighted by atomic mass is 32.2. The molecule has 0 spiro atoms. The Morgan fingerprint density at radius 1 is 1.55 bits per heavy atom. The minimum Gasteiger partial charge on any atom is -0.351 e. The van der Waals surface area contributed by atoms with Gasteiger partial charge in [0.1, 0.15) is 5.69 Å². The first-order valence-corrected chi connectivity index (χ1v) is 8.01. The maximum Gasteiger partial charge on any atom is 0.270 e. The summed E-state index contributed by atoms with van der Waals surface area (Å²) in [4.78, 5) is 20.0. The summed E-state index contributed by atoms with van der Waals surface area (Å²) in [6, 6.07) is 1.14. The molecule has 2 heterocycles. The van der Waals surface area contributed by atoms with Crippen LogP contribution < -0.4 is 10.6 Å². The van der Waals surface area contributed by atoms with Crippen LogP contribution in [-0.4, -0.2) is 48.4 Å². The van der Waals surface area contributed by atoms with E-state index in [2.05, 4.69) is 27.2 Å². The first-order chi connectivity index (χ1) is 9.50. The topological polar surface area (TPSA) is 101 Å². The Morgan fingerprint density at radius 3 is 3.00 bits per heavy atom.